The standard InChI is InChI=1S/C18H15NO2/c1-3-7-16-14(5-1)18(19-11-13-9-10-20-12-13)15-6-2-4-8-17(15)21-16/h1-10,12,18-19H,11H2. The largest absolute Gasteiger partial charge is 0.472 e. The molecule has 3 aromatic rings. The molecular formula is C18H15NO2. The molecule has 3 heteroatoms. The summed E-state index contributed by atoms with van der Waals surface area (Å²) in [5.74, 6) is 1.83. The highest BCUT2D eigenvalue weighted by Crippen LogP contribution is 2.42. The molecule has 0 bridgehead atoms. The highest BCUT2D eigenvalue weighted by Gasteiger charge is 2.26. The number of furan rings is 1. The van der Waals surface area contributed by atoms with Crippen LogP contribution in [0.5, 0.6) is 11.5 Å². The van der Waals surface area contributed by atoms with Crippen molar-refractivity contribution in [2.24, 2.45) is 0 Å². The lowest BCUT2D eigenvalue weighted by molar-refractivity contribution is 0.427. The first-order valence-corrected chi connectivity index (χ1v) is 7.02. The Hall–Kier alpha value is -2.52. The zero-order valence-corrected chi connectivity index (χ0v) is 11.5. The average Bonchev–Trinajstić information content (AvgIpc) is 3.05. The van der Waals surface area contributed by atoms with Crippen molar-refractivity contribution in [2.75, 3.05) is 0 Å². The maximum atomic E-state index is 5.99. The van der Waals surface area contributed by atoms with Crippen molar-refractivity contribution < 1.29 is 9.15 Å². The number of hydrogen-bond acceptors (Lipinski definition) is 3. The molecule has 2 heterocycles. The molecule has 1 N–H and O–H groups in total. The van der Waals surface area contributed by atoms with Crippen molar-refractivity contribution in [1.29, 1.82) is 0 Å². The molecule has 0 unspecified atom stereocenters. The van der Waals surface area contributed by atoms with Crippen LogP contribution in [-0.4, -0.2) is 0 Å². The highest BCUT2D eigenvalue weighted by molar-refractivity contribution is 5.52. The molecule has 0 saturated carbocycles. The molecule has 1 aliphatic rings. The van der Waals surface area contributed by atoms with Gasteiger partial charge in [-0.15, -0.1) is 0 Å². The molecule has 0 amide bonds. The van der Waals surface area contributed by atoms with Crippen LogP contribution in [0.3, 0.4) is 0 Å². The van der Waals surface area contributed by atoms with Gasteiger partial charge in [0.15, 0.2) is 0 Å². The van der Waals surface area contributed by atoms with Crippen molar-refractivity contribution in [2.45, 2.75) is 12.6 Å². The van der Waals surface area contributed by atoms with E-state index in [1.54, 1.807) is 12.5 Å². The molecule has 0 aliphatic carbocycles. The molecule has 1 aromatic heterocycles. The molecule has 0 fully saturated rings. The van der Waals surface area contributed by atoms with Gasteiger partial charge < -0.3 is 14.5 Å². The zero-order chi connectivity index (χ0) is 14.1. The summed E-state index contributed by atoms with van der Waals surface area (Å²) in [6.07, 6.45) is 3.47. The Balaban J connectivity index is 1.71. The minimum Gasteiger partial charge on any atom is -0.472 e. The fourth-order valence-corrected chi connectivity index (χ4v) is 2.74. The molecular weight excluding hydrogens is 262 g/mol. The summed E-state index contributed by atoms with van der Waals surface area (Å²) < 4.78 is 11.1. The second-order valence-corrected chi connectivity index (χ2v) is 5.12. The predicted octanol–water partition coefficient (Wildman–Crippen LogP) is 4.26. The molecule has 4 rings (SSSR count). The Bertz CT molecular complexity index is 704. The van der Waals surface area contributed by atoms with Gasteiger partial charge in [0.1, 0.15) is 11.5 Å². The van der Waals surface area contributed by atoms with E-state index in [1.165, 1.54) is 11.1 Å². The molecule has 0 saturated heterocycles. The zero-order valence-electron chi connectivity index (χ0n) is 11.5. The van der Waals surface area contributed by atoms with Gasteiger partial charge in [-0.05, 0) is 18.2 Å². The summed E-state index contributed by atoms with van der Waals surface area (Å²) in [5.41, 5.74) is 3.47. The lowest BCUT2D eigenvalue weighted by Gasteiger charge is -2.28. The number of rotatable bonds is 3. The molecule has 1 aliphatic heterocycles. The van der Waals surface area contributed by atoms with Crippen LogP contribution in [0.15, 0.2) is 71.5 Å². The molecule has 104 valence electrons. The molecule has 0 atom stereocenters. The fraction of sp³-hybridized carbons (Fsp3) is 0.111. The van der Waals surface area contributed by atoms with Gasteiger partial charge in [0.2, 0.25) is 0 Å². The Labute approximate surface area is 123 Å². The topological polar surface area (TPSA) is 34.4 Å². The maximum absolute atomic E-state index is 5.99. The van der Waals surface area contributed by atoms with Crippen LogP contribution in [0.4, 0.5) is 0 Å². The molecule has 21 heavy (non-hydrogen) atoms. The average molecular weight is 277 g/mol. The van der Waals surface area contributed by atoms with E-state index < -0.39 is 0 Å². The van der Waals surface area contributed by atoms with E-state index in [9.17, 15) is 0 Å². The number of nitrogens with one attached hydrogen (secondary N) is 1. The summed E-state index contributed by atoms with van der Waals surface area (Å²) >= 11 is 0. The summed E-state index contributed by atoms with van der Waals surface area (Å²) in [6.45, 7) is 0.754. The van der Waals surface area contributed by atoms with Crippen LogP contribution in [0.1, 0.15) is 22.7 Å². The van der Waals surface area contributed by atoms with Crippen molar-refractivity contribution in [3.05, 3.63) is 83.8 Å². The van der Waals surface area contributed by atoms with Gasteiger partial charge in [-0.1, -0.05) is 36.4 Å². The fourth-order valence-electron chi connectivity index (χ4n) is 2.74. The minimum atomic E-state index is 0.126. The third-order valence-corrected chi connectivity index (χ3v) is 3.77. The molecule has 3 nitrogen and oxygen atoms in total. The Morgan fingerprint density at radius 3 is 2.14 bits per heavy atom. The van der Waals surface area contributed by atoms with Gasteiger partial charge in [0.05, 0.1) is 18.6 Å². The lowest BCUT2D eigenvalue weighted by Crippen LogP contribution is -2.25. The predicted molar refractivity (Wildman–Crippen MR) is 80.3 cm³/mol. The second kappa shape index (κ2) is 5.11. The third-order valence-electron chi connectivity index (χ3n) is 3.77. The van der Waals surface area contributed by atoms with Crippen LogP contribution >= 0.6 is 0 Å². The van der Waals surface area contributed by atoms with Crippen LogP contribution in [-0.2, 0) is 6.54 Å². The van der Waals surface area contributed by atoms with Crippen molar-refractivity contribution in [1.82, 2.24) is 5.32 Å². The smallest absolute Gasteiger partial charge is 0.132 e. The van der Waals surface area contributed by atoms with E-state index in [4.69, 9.17) is 9.15 Å². The Morgan fingerprint density at radius 2 is 1.52 bits per heavy atom. The second-order valence-electron chi connectivity index (χ2n) is 5.12. The lowest BCUT2D eigenvalue weighted by atomic mass is 9.94. The number of ether oxygens (including phenoxy) is 1. The van der Waals surface area contributed by atoms with Crippen molar-refractivity contribution >= 4 is 0 Å². The Kier molecular flexibility index (Phi) is 2.98. The van der Waals surface area contributed by atoms with E-state index in [-0.39, 0.29) is 6.04 Å². The number of benzene rings is 2. The van der Waals surface area contributed by atoms with E-state index >= 15 is 0 Å². The van der Waals surface area contributed by atoms with Gasteiger partial charge in [0, 0.05) is 23.2 Å². The highest BCUT2D eigenvalue weighted by atomic mass is 16.5. The van der Waals surface area contributed by atoms with Crippen LogP contribution in [0.2, 0.25) is 0 Å². The molecule has 2 aromatic carbocycles. The van der Waals surface area contributed by atoms with Crippen LogP contribution in [0.25, 0.3) is 0 Å². The minimum absolute atomic E-state index is 0.126. The number of hydrogen-bond donors (Lipinski definition) is 1. The van der Waals surface area contributed by atoms with E-state index in [1.807, 2.05) is 42.5 Å². The monoisotopic (exact) mass is 277 g/mol. The van der Waals surface area contributed by atoms with E-state index in [2.05, 4.69) is 17.4 Å². The first kappa shape index (κ1) is 12.2. The van der Waals surface area contributed by atoms with Gasteiger partial charge in [-0.25, -0.2) is 0 Å². The first-order chi connectivity index (χ1) is 10.4. The van der Waals surface area contributed by atoms with Gasteiger partial charge in [-0.2, -0.15) is 0 Å². The quantitative estimate of drug-likeness (QED) is 0.776. The Morgan fingerprint density at radius 1 is 0.857 bits per heavy atom. The van der Waals surface area contributed by atoms with Gasteiger partial charge in [-0.3, -0.25) is 0 Å². The number of para-hydroxylation sites is 2. The summed E-state index contributed by atoms with van der Waals surface area (Å²) in [5, 5.41) is 3.60. The van der Waals surface area contributed by atoms with Crippen LogP contribution in [0, 0.1) is 0 Å². The third kappa shape index (κ3) is 2.22. The van der Waals surface area contributed by atoms with E-state index in [0.29, 0.717) is 0 Å². The first-order valence-electron chi connectivity index (χ1n) is 7.02. The summed E-state index contributed by atoms with van der Waals surface area (Å²) in [4.78, 5) is 0. The SMILES string of the molecule is c1ccc2c(c1)Oc1ccccc1C2NCc1ccoc1. The molecule has 0 spiro atoms. The summed E-state index contributed by atoms with van der Waals surface area (Å²) in [6, 6.07) is 18.4. The van der Waals surface area contributed by atoms with Crippen molar-refractivity contribution in [3.8, 4) is 11.5 Å². The maximum Gasteiger partial charge on any atom is 0.132 e. The van der Waals surface area contributed by atoms with Crippen LogP contribution < -0.4 is 10.1 Å². The van der Waals surface area contributed by atoms with Gasteiger partial charge in [0.25, 0.3) is 0 Å². The van der Waals surface area contributed by atoms with E-state index in [0.717, 1.165) is 23.6 Å². The van der Waals surface area contributed by atoms with Crippen molar-refractivity contribution in [3.63, 3.8) is 0 Å². The van der Waals surface area contributed by atoms with Gasteiger partial charge >= 0.3 is 0 Å². The molecule has 0 radical (unpaired) electrons. The normalized spacial score (nSPS) is 13.3. The summed E-state index contributed by atoms with van der Waals surface area (Å²) in [7, 11) is 0. The number of fused-ring (bicyclic) bond motifs is 2.